The third-order valence-electron chi connectivity index (χ3n) is 4.04. The number of benzene rings is 2. The van der Waals surface area contributed by atoms with Gasteiger partial charge in [0.05, 0.1) is 5.56 Å². The van der Waals surface area contributed by atoms with Crippen molar-refractivity contribution in [3.05, 3.63) is 77.9 Å². The van der Waals surface area contributed by atoms with Gasteiger partial charge in [0.15, 0.2) is 0 Å². The molecular formula is C19H18BFN4O3. The molecule has 0 radical (unpaired) electrons. The Bertz CT molecular complexity index is 935. The Morgan fingerprint density at radius 2 is 1.68 bits per heavy atom. The van der Waals surface area contributed by atoms with Gasteiger partial charge in [-0.15, -0.1) is 0 Å². The zero-order valence-electron chi connectivity index (χ0n) is 15.1. The van der Waals surface area contributed by atoms with Crippen molar-refractivity contribution >= 4 is 30.1 Å². The van der Waals surface area contributed by atoms with E-state index in [-0.39, 0.29) is 17.3 Å². The van der Waals surface area contributed by atoms with Crippen LogP contribution < -0.4 is 15.7 Å². The van der Waals surface area contributed by atoms with Crippen molar-refractivity contribution in [3.8, 4) is 0 Å². The van der Waals surface area contributed by atoms with Crippen molar-refractivity contribution in [3.63, 3.8) is 0 Å². The summed E-state index contributed by atoms with van der Waals surface area (Å²) < 4.78 is 12.9. The van der Waals surface area contributed by atoms with Gasteiger partial charge in [0.1, 0.15) is 5.82 Å². The molecule has 0 aliphatic carbocycles. The zero-order valence-corrected chi connectivity index (χ0v) is 15.1. The summed E-state index contributed by atoms with van der Waals surface area (Å²) in [5, 5.41) is 20.9. The highest BCUT2D eigenvalue weighted by Gasteiger charge is 2.12. The molecule has 0 spiro atoms. The lowest BCUT2D eigenvalue weighted by Crippen LogP contribution is -2.29. The van der Waals surface area contributed by atoms with E-state index in [2.05, 4.69) is 15.3 Å². The van der Waals surface area contributed by atoms with E-state index in [1.54, 1.807) is 29.2 Å². The number of nitrogens with zero attached hydrogens (tertiary/aromatic N) is 3. The highest BCUT2D eigenvalue weighted by atomic mass is 19.1. The van der Waals surface area contributed by atoms with Crippen molar-refractivity contribution in [2.24, 2.45) is 0 Å². The Kier molecular flexibility index (Phi) is 5.98. The summed E-state index contributed by atoms with van der Waals surface area (Å²) in [6, 6.07) is 12.3. The van der Waals surface area contributed by atoms with Gasteiger partial charge in [0, 0.05) is 31.7 Å². The van der Waals surface area contributed by atoms with Crippen molar-refractivity contribution < 1.29 is 19.2 Å². The molecule has 3 rings (SSSR count). The molecule has 3 aromatic rings. The summed E-state index contributed by atoms with van der Waals surface area (Å²) >= 11 is 0. The molecule has 9 heteroatoms. The Balaban J connectivity index is 1.62. The second-order valence-corrected chi connectivity index (χ2v) is 6.20. The van der Waals surface area contributed by atoms with Crippen LogP contribution in [0.2, 0.25) is 0 Å². The van der Waals surface area contributed by atoms with Gasteiger partial charge in [-0.1, -0.05) is 24.3 Å². The molecule has 0 fully saturated rings. The maximum Gasteiger partial charge on any atom is 0.488 e. The van der Waals surface area contributed by atoms with Crippen LogP contribution in [0.25, 0.3) is 0 Å². The number of amides is 1. The second kappa shape index (κ2) is 8.60. The number of carbonyl (C=O) groups is 1. The normalized spacial score (nSPS) is 10.4. The second-order valence-electron chi connectivity index (χ2n) is 6.20. The first-order chi connectivity index (χ1) is 13.4. The smallest absolute Gasteiger partial charge is 0.423 e. The van der Waals surface area contributed by atoms with Gasteiger partial charge in [-0.25, -0.2) is 14.4 Å². The van der Waals surface area contributed by atoms with Crippen LogP contribution in [0.1, 0.15) is 15.9 Å². The zero-order chi connectivity index (χ0) is 20.1. The molecule has 0 aliphatic heterocycles. The summed E-state index contributed by atoms with van der Waals surface area (Å²) in [5.41, 5.74) is 2.11. The van der Waals surface area contributed by atoms with E-state index in [0.29, 0.717) is 23.6 Å². The lowest BCUT2D eigenvalue weighted by atomic mass is 9.80. The molecule has 0 aliphatic rings. The molecule has 1 amide bonds. The minimum Gasteiger partial charge on any atom is -0.423 e. The molecule has 28 heavy (non-hydrogen) atoms. The summed E-state index contributed by atoms with van der Waals surface area (Å²) in [7, 11) is 0.311. The van der Waals surface area contributed by atoms with Crippen molar-refractivity contribution in [1.29, 1.82) is 0 Å². The summed E-state index contributed by atoms with van der Waals surface area (Å²) in [5.74, 6) is -0.334. The van der Waals surface area contributed by atoms with Gasteiger partial charge in [-0.2, -0.15) is 0 Å². The summed E-state index contributed by atoms with van der Waals surface area (Å²) in [6.07, 6.45) is 2.84. The number of anilines is 2. The summed E-state index contributed by atoms with van der Waals surface area (Å²) in [6.45, 7) is 0.503. The molecular weight excluding hydrogens is 362 g/mol. The van der Waals surface area contributed by atoms with Crippen LogP contribution in [0.15, 0.2) is 60.9 Å². The van der Waals surface area contributed by atoms with Gasteiger partial charge < -0.3 is 20.3 Å². The number of hydrogen-bond acceptors (Lipinski definition) is 6. The van der Waals surface area contributed by atoms with Gasteiger partial charge in [-0.3, -0.25) is 4.79 Å². The van der Waals surface area contributed by atoms with E-state index in [1.165, 1.54) is 36.7 Å². The van der Waals surface area contributed by atoms with Crippen molar-refractivity contribution in [2.75, 3.05) is 17.3 Å². The largest absolute Gasteiger partial charge is 0.488 e. The standard InChI is InChI=1S/C19H18BFN4O3/c1-25(12-13-2-4-15(5-3-13)20(27)28)19-22-10-14(11-23-19)18(26)24-17-8-6-16(21)7-9-17/h2-11,27-28H,12H2,1H3,(H,24,26). The Morgan fingerprint density at radius 3 is 2.25 bits per heavy atom. The molecule has 2 aromatic carbocycles. The molecule has 1 aromatic heterocycles. The van der Waals surface area contributed by atoms with E-state index < -0.39 is 7.12 Å². The van der Waals surface area contributed by atoms with Crippen LogP contribution >= 0.6 is 0 Å². The van der Waals surface area contributed by atoms with E-state index in [0.717, 1.165) is 5.56 Å². The maximum absolute atomic E-state index is 12.9. The predicted octanol–water partition coefficient (Wildman–Crippen LogP) is 1.18. The van der Waals surface area contributed by atoms with Crippen molar-refractivity contribution in [1.82, 2.24) is 9.97 Å². The minimum absolute atomic E-state index is 0.280. The van der Waals surface area contributed by atoms with E-state index in [1.807, 2.05) is 7.05 Å². The topological polar surface area (TPSA) is 98.6 Å². The molecule has 1 heterocycles. The van der Waals surface area contributed by atoms with Crippen LogP contribution in [0.5, 0.6) is 0 Å². The maximum atomic E-state index is 12.9. The van der Waals surface area contributed by atoms with Crippen LogP contribution in [-0.4, -0.2) is 40.1 Å². The Hall–Kier alpha value is -3.30. The minimum atomic E-state index is -1.50. The van der Waals surface area contributed by atoms with E-state index >= 15 is 0 Å². The highest BCUT2D eigenvalue weighted by Crippen LogP contribution is 2.12. The fourth-order valence-electron chi connectivity index (χ4n) is 2.51. The van der Waals surface area contributed by atoms with Crippen molar-refractivity contribution in [2.45, 2.75) is 6.54 Å². The average molecular weight is 380 g/mol. The molecule has 3 N–H and O–H groups in total. The number of aromatic nitrogens is 2. The molecule has 0 bridgehead atoms. The number of nitrogens with one attached hydrogen (secondary N) is 1. The number of rotatable bonds is 6. The number of hydrogen-bond donors (Lipinski definition) is 3. The monoisotopic (exact) mass is 380 g/mol. The molecule has 7 nitrogen and oxygen atoms in total. The lowest BCUT2D eigenvalue weighted by molar-refractivity contribution is 0.102. The molecule has 0 saturated heterocycles. The third kappa shape index (κ3) is 4.90. The first kappa shape index (κ1) is 19.5. The Labute approximate surface area is 161 Å². The highest BCUT2D eigenvalue weighted by molar-refractivity contribution is 6.58. The first-order valence-corrected chi connectivity index (χ1v) is 8.47. The molecule has 0 unspecified atom stereocenters. The third-order valence-corrected chi connectivity index (χ3v) is 4.04. The number of carbonyl (C=O) groups excluding carboxylic acids is 1. The summed E-state index contributed by atoms with van der Waals surface area (Å²) in [4.78, 5) is 22.4. The van der Waals surface area contributed by atoms with Gasteiger partial charge in [0.25, 0.3) is 5.91 Å². The molecule has 0 atom stereocenters. The van der Waals surface area contributed by atoms with E-state index in [4.69, 9.17) is 10.0 Å². The predicted molar refractivity (Wildman–Crippen MR) is 105 cm³/mol. The molecule has 0 saturated carbocycles. The van der Waals surface area contributed by atoms with Crippen LogP contribution in [0.3, 0.4) is 0 Å². The van der Waals surface area contributed by atoms with Gasteiger partial charge in [-0.05, 0) is 35.3 Å². The SMILES string of the molecule is CN(Cc1ccc(B(O)O)cc1)c1ncc(C(=O)Nc2ccc(F)cc2)cn1. The van der Waals surface area contributed by atoms with Crippen LogP contribution in [0.4, 0.5) is 16.0 Å². The lowest BCUT2D eigenvalue weighted by Gasteiger charge is -2.17. The molecule has 142 valence electrons. The van der Waals surface area contributed by atoms with E-state index in [9.17, 15) is 9.18 Å². The number of halogens is 1. The van der Waals surface area contributed by atoms with Crippen LogP contribution in [0, 0.1) is 5.82 Å². The van der Waals surface area contributed by atoms with Gasteiger partial charge in [0.2, 0.25) is 5.95 Å². The first-order valence-electron chi connectivity index (χ1n) is 8.47. The fraction of sp³-hybridized carbons (Fsp3) is 0.105. The quantitative estimate of drug-likeness (QED) is 0.556. The fourth-order valence-corrected chi connectivity index (χ4v) is 2.51. The average Bonchev–Trinajstić information content (AvgIpc) is 2.70. The van der Waals surface area contributed by atoms with Crippen LogP contribution in [-0.2, 0) is 6.54 Å². The van der Waals surface area contributed by atoms with Gasteiger partial charge >= 0.3 is 7.12 Å². The Morgan fingerprint density at radius 1 is 1.07 bits per heavy atom.